The van der Waals surface area contributed by atoms with Gasteiger partial charge in [0.05, 0.1) is 12.6 Å². The van der Waals surface area contributed by atoms with Crippen LogP contribution in [0.5, 0.6) is 5.75 Å². The van der Waals surface area contributed by atoms with E-state index in [9.17, 15) is 4.79 Å². The summed E-state index contributed by atoms with van der Waals surface area (Å²) in [5, 5.41) is 6.21. The fourth-order valence-corrected chi connectivity index (χ4v) is 1.81. The highest BCUT2D eigenvalue weighted by atomic mass is 16.5. The van der Waals surface area contributed by atoms with Gasteiger partial charge in [0.15, 0.2) is 0 Å². The molecule has 118 valence electrons. The van der Waals surface area contributed by atoms with Crippen LogP contribution in [0, 0.1) is 0 Å². The second-order valence-electron chi connectivity index (χ2n) is 6.34. The van der Waals surface area contributed by atoms with Crippen molar-refractivity contribution in [3.8, 4) is 5.75 Å². The van der Waals surface area contributed by atoms with Gasteiger partial charge in [-0.05, 0) is 51.8 Å². The summed E-state index contributed by atoms with van der Waals surface area (Å²) in [6.07, 6.45) is 0.993. The van der Waals surface area contributed by atoms with Crippen molar-refractivity contribution in [3.05, 3.63) is 29.8 Å². The van der Waals surface area contributed by atoms with E-state index in [2.05, 4.69) is 17.6 Å². The molecule has 21 heavy (non-hydrogen) atoms. The second kappa shape index (κ2) is 8.03. The summed E-state index contributed by atoms with van der Waals surface area (Å²) in [5.74, 6) is 0.892. The van der Waals surface area contributed by atoms with Crippen LogP contribution in [-0.2, 0) is 11.3 Å². The SMILES string of the molecule is CCCOc1cccc(CNC(C)C(=O)NC(C)(C)C)c1. The Hall–Kier alpha value is -1.55. The molecule has 1 unspecified atom stereocenters. The lowest BCUT2D eigenvalue weighted by Gasteiger charge is -2.23. The second-order valence-corrected chi connectivity index (χ2v) is 6.34. The van der Waals surface area contributed by atoms with Gasteiger partial charge in [-0.3, -0.25) is 4.79 Å². The van der Waals surface area contributed by atoms with Crippen molar-refractivity contribution in [2.24, 2.45) is 0 Å². The molecular weight excluding hydrogens is 264 g/mol. The van der Waals surface area contributed by atoms with Crippen LogP contribution in [-0.4, -0.2) is 24.1 Å². The average molecular weight is 292 g/mol. The predicted molar refractivity (Wildman–Crippen MR) is 86.4 cm³/mol. The fraction of sp³-hybridized carbons (Fsp3) is 0.588. The molecule has 0 aliphatic heterocycles. The Morgan fingerprint density at radius 1 is 1.33 bits per heavy atom. The van der Waals surface area contributed by atoms with Crippen LogP contribution in [0.15, 0.2) is 24.3 Å². The van der Waals surface area contributed by atoms with Crippen molar-refractivity contribution in [3.63, 3.8) is 0 Å². The molecule has 1 aromatic carbocycles. The Labute approximate surface area is 128 Å². The van der Waals surface area contributed by atoms with Crippen molar-refractivity contribution in [1.29, 1.82) is 0 Å². The van der Waals surface area contributed by atoms with E-state index in [1.807, 2.05) is 52.0 Å². The van der Waals surface area contributed by atoms with Gasteiger partial charge in [-0.15, -0.1) is 0 Å². The lowest BCUT2D eigenvalue weighted by molar-refractivity contribution is -0.124. The first-order valence-electron chi connectivity index (χ1n) is 7.59. The van der Waals surface area contributed by atoms with Gasteiger partial charge in [0.25, 0.3) is 0 Å². The van der Waals surface area contributed by atoms with Gasteiger partial charge in [0.1, 0.15) is 5.75 Å². The molecule has 4 heteroatoms. The maximum atomic E-state index is 12.0. The highest BCUT2D eigenvalue weighted by molar-refractivity contribution is 5.81. The molecule has 2 N–H and O–H groups in total. The number of hydrogen-bond acceptors (Lipinski definition) is 3. The largest absolute Gasteiger partial charge is 0.494 e. The lowest BCUT2D eigenvalue weighted by atomic mass is 10.1. The normalized spacial score (nSPS) is 12.8. The molecule has 0 aliphatic rings. The number of benzene rings is 1. The van der Waals surface area contributed by atoms with E-state index in [1.165, 1.54) is 0 Å². The highest BCUT2D eigenvalue weighted by Crippen LogP contribution is 2.13. The maximum Gasteiger partial charge on any atom is 0.237 e. The molecule has 4 nitrogen and oxygen atoms in total. The van der Waals surface area contributed by atoms with Gasteiger partial charge in [0, 0.05) is 12.1 Å². The smallest absolute Gasteiger partial charge is 0.237 e. The highest BCUT2D eigenvalue weighted by Gasteiger charge is 2.18. The zero-order chi connectivity index (χ0) is 15.9. The van der Waals surface area contributed by atoms with Crippen LogP contribution in [0.25, 0.3) is 0 Å². The third kappa shape index (κ3) is 7.14. The number of amides is 1. The van der Waals surface area contributed by atoms with Crippen LogP contribution in [0.3, 0.4) is 0 Å². The minimum Gasteiger partial charge on any atom is -0.494 e. The van der Waals surface area contributed by atoms with E-state index in [4.69, 9.17) is 4.74 Å². The van der Waals surface area contributed by atoms with Gasteiger partial charge in [-0.1, -0.05) is 19.1 Å². The Kier molecular flexibility index (Phi) is 6.69. The first kappa shape index (κ1) is 17.5. The number of rotatable bonds is 7. The molecule has 0 saturated heterocycles. The third-order valence-corrected chi connectivity index (χ3v) is 2.88. The van der Waals surface area contributed by atoms with Crippen LogP contribution < -0.4 is 15.4 Å². The predicted octanol–water partition coefficient (Wildman–Crippen LogP) is 2.87. The molecule has 1 atom stereocenters. The molecule has 0 aliphatic carbocycles. The van der Waals surface area contributed by atoms with Crippen LogP contribution in [0.1, 0.15) is 46.6 Å². The van der Waals surface area contributed by atoms with Crippen molar-refractivity contribution in [2.45, 2.75) is 59.2 Å². The van der Waals surface area contributed by atoms with Crippen LogP contribution in [0.2, 0.25) is 0 Å². The number of hydrogen-bond donors (Lipinski definition) is 2. The van der Waals surface area contributed by atoms with E-state index in [0.717, 1.165) is 24.3 Å². The topological polar surface area (TPSA) is 50.4 Å². The first-order valence-corrected chi connectivity index (χ1v) is 7.59. The van der Waals surface area contributed by atoms with Gasteiger partial charge in [0.2, 0.25) is 5.91 Å². The lowest BCUT2D eigenvalue weighted by Crippen LogP contribution is -2.49. The third-order valence-electron chi connectivity index (χ3n) is 2.88. The Morgan fingerprint density at radius 2 is 2.05 bits per heavy atom. The van der Waals surface area contributed by atoms with E-state index in [0.29, 0.717) is 6.54 Å². The summed E-state index contributed by atoms with van der Waals surface area (Å²) in [5.41, 5.74) is 0.903. The van der Waals surface area contributed by atoms with Gasteiger partial charge in [-0.25, -0.2) is 0 Å². The molecule has 0 spiro atoms. The zero-order valence-electron chi connectivity index (χ0n) is 13.8. The molecule has 0 saturated carbocycles. The molecule has 0 heterocycles. The minimum absolute atomic E-state index is 0.0147. The number of nitrogens with one attached hydrogen (secondary N) is 2. The van der Waals surface area contributed by atoms with Gasteiger partial charge >= 0.3 is 0 Å². The van der Waals surface area contributed by atoms with E-state index >= 15 is 0 Å². The molecule has 0 aromatic heterocycles. The van der Waals surface area contributed by atoms with Crippen LogP contribution >= 0.6 is 0 Å². The minimum atomic E-state index is -0.232. The summed E-state index contributed by atoms with van der Waals surface area (Å²) in [6.45, 7) is 11.3. The van der Waals surface area contributed by atoms with Crippen molar-refractivity contribution < 1.29 is 9.53 Å². The molecule has 0 bridgehead atoms. The summed E-state index contributed by atoms with van der Waals surface area (Å²) in [4.78, 5) is 12.0. The number of carbonyl (C=O) groups is 1. The number of carbonyl (C=O) groups excluding carboxylic acids is 1. The summed E-state index contributed by atoms with van der Waals surface area (Å²) < 4.78 is 5.61. The van der Waals surface area contributed by atoms with Crippen molar-refractivity contribution in [2.75, 3.05) is 6.61 Å². The summed E-state index contributed by atoms with van der Waals surface area (Å²) in [6, 6.07) is 7.73. The molecule has 1 rings (SSSR count). The average Bonchev–Trinajstić information content (AvgIpc) is 2.41. The van der Waals surface area contributed by atoms with Crippen LogP contribution in [0.4, 0.5) is 0 Å². The zero-order valence-corrected chi connectivity index (χ0v) is 13.8. The van der Waals surface area contributed by atoms with Crippen molar-refractivity contribution in [1.82, 2.24) is 10.6 Å². The standard InChI is InChI=1S/C17H28N2O2/c1-6-10-21-15-9-7-8-14(11-15)12-18-13(2)16(20)19-17(3,4)5/h7-9,11,13,18H,6,10,12H2,1-5H3,(H,19,20). The number of ether oxygens (including phenoxy) is 1. The van der Waals surface area contributed by atoms with Gasteiger partial charge < -0.3 is 15.4 Å². The monoisotopic (exact) mass is 292 g/mol. The summed E-state index contributed by atoms with van der Waals surface area (Å²) in [7, 11) is 0. The Bertz CT molecular complexity index is 452. The Morgan fingerprint density at radius 3 is 2.67 bits per heavy atom. The molecule has 1 amide bonds. The summed E-state index contributed by atoms with van der Waals surface area (Å²) >= 11 is 0. The maximum absolute atomic E-state index is 12.0. The van der Waals surface area contributed by atoms with E-state index in [1.54, 1.807) is 0 Å². The van der Waals surface area contributed by atoms with E-state index < -0.39 is 0 Å². The molecular formula is C17H28N2O2. The van der Waals surface area contributed by atoms with Crippen molar-refractivity contribution >= 4 is 5.91 Å². The molecule has 0 fully saturated rings. The Balaban J connectivity index is 2.49. The molecule has 0 radical (unpaired) electrons. The first-order chi connectivity index (χ1) is 9.81. The fourth-order valence-electron chi connectivity index (χ4n) is 1.81. The molecule has 1 aromatic rings. The van der Waals surface area contributed by atoms with E-state index in [-0.39, 0.29) is 17.5 Å². The van der Waals surface area contributed by atoms with Gasteiger partial charge in [-0.2, -0.15) is 0 Å². The quantitative estimate of drug-likeness (QED) is 0.812.